The molecule has 2 fully saturated rings. The SMILES string of the molecule is CCOc1ncc(C2(O)[C@H]3CCC[C@H]2CN(Cc2cccc4ncccc24)C3)c(OCC)n1. The Balaban J connectivity index is 1.44. The zero-order chi connectivity index (χ0) is 22.8. The summed E-state index contributed by atoms with van der Waals surface area (Å²) < 4.78 is 11.4. The number of hydrogen-bond acceptors (Lipinski definition) is 7. The molecule has 3 aromatic rings. The van der Waals surface area contributed by atoms with Crippen LogP contribution in [0.1, 0.15) is 44.2 Å². The molecule has 5 rings (SSSR count). The van der Waals surface area contributed by atoms with Crippen molar-refractivity contribution in [3.8, 4) is 11.9 Å². The third kappa shape index (κ3) is 4.04. The lowest BCUT2D eigenvalue weighted by Crippen LogP contribution is -2.58. The molecule has 0 amide bonds. The van der Waals surface area contributed by atoms with E-state index in [1.165, 1.54) is 10.9 Å². The van der Waals surface area contributed by atoms with Crippen molar-refractivity contribution in [3.05, 3.63) is 53.9 Å². The second-order valence-corrected chi connectivity index (χ2v) is 9.07. The number of likely N-dealkylation sites (tertiary alicyclic amines) is 1. The number of aliphatic hydroxyl groups is 1. The summed E-state index contributed by atoms with van der Waals surface area (Å²) in [5.74, 6) is 0.640. The molecule has 1 saturated heterocycles. The topological polar surface area (TPSA) is 80.6 Å². The van der Waals surface area contributed by atoms with Crippen LogP contribution in [0.3, 0.4) is 0 Å². The summed E-state index contributed by atoms with van der Waals surface area (Å²) in [6.45, 7) is 7.28. The molecule has 1 aromatic carbocycles. The van der Waals surface area contributed by atoms with Crippen molar-refractivity contribution in [3.63, 3.8) is 0 Å². The van der Waals surface area contributed by atoms with Crippen LogP contribution in [0.2, 0.25) is 0 Å². The number of benzene rings is 1. The Hall–Kier alpha value is -2.77. The molecular weight excluding hydrogens is 416 g/mol. The highest BCUT2D eigenvalue weighted by molar-refractivity contribution is 5.81. The lowest BCUT2D eigenvalue weighted by atomic mass is 9.63. The highest BCUT2D eigenvalue weighted by Gasteiger charge is 2.53. The highest BCUT2D eigenvalue weighted by atomic mass is 16.5. The number of pyridine rings is 1. The van der Waals surface area contributed by atoms with E-state index in [2.05, 4.69) is 44.1 Å². The Morgan fingerprint density at radius 3 is 2.58 bits per heavy atom. The van der Waals surface area contributed by atoms with Gasteiger partial charge in [-0.15, -0.1) is 0 Å². The van der Waals surface area contributed by atoms with Crippen LogP contribution in [0.25, 0.3) is 10.9 Å². The molecule has 2 bridgehead atoms. The number of aromatic nitrogens is 3. The smallest absolute Gasteiger partial charge is 0.319 e. The Morgan fingerprint density at radius 1 is 1.03 bits per heavy atom. The first-order chi connectivity index (χ1) is 16.1. The van der Waals surface area contributed by atoms with Gasteiger partial charge in [-0.25, -0.2) is 4.98 Å². The standard InChI is InChI=1S/C26H32N4O3/c1-3-32-24-22(14-28-25(29-24)33-4-2)26(31)19-9-6-10-20(26)17-30(16-19)15-18-8-5-12-23-21(18)11-7-13-27-23/h5,7-8,11-14,19-20,31H,3-4,6,9-10,15-17H2,1-2H3/t19-,20-/m0/s1. The molecule has 3 heterocycles. The van der Waals surface area contributed by atoms with Crippen molar-refractivity contribution >= 4 is 10.9 Å². The van der Waals surface area contributed by atoms with Gasteiger partial charge in [0.05, 0.1) is 24.3 Å². The molecule has 0 radical (unpaired) electrons. The summed E-state index contributed by atoms with van der Waals surface area (Å²) in [6, 6.07) is 10.8. The van der Waals surface area contributed by atoms with Crippen LogP contribution in [-0.4, -0.2) is 51.3 Å². The van der Waals surface area contributed by atoms with Gasteiger partial charge < -0.3 is 14.6 Å². The van der Waals surface area contributed by atoms with E-state index < -0.39 is 5.60 Å². The van der Waals surface area contributed by atoms with E-state index in [1.54, 1.807) is 6.20 Å². The minimum atomic E-state index is -0.996. The summed E-state index contributed by atoms with van der Waals surface area (Å²) in [5, 5.41) is 13.4. The highest BCUT2D eigenvalue weighted by Crippen LogP contribution is 2.51. The fourth-order valence-electron chi connectivity index (χ4n) is 5.73. The number of ether oxygens (including phenoxy) is 2. The normalized spacial score (nSPS) is 25.2. The minimum Gasteiger partial charge on any atom is -0.478 e. The second-order valence-electron chi connectivity index (χ2n) is 9.07. The second kappa shape index (κ2) is 9.23. The van der Waals surface area contributed by atoms with Gasteiger partial charge >= 0.3 is 6.01 Å². The van der Waals surface area contributed by atoms with Gasteiger partial charge in [0.15, 0.2) is 0 Å². The van der Waals surface area contributed by atoms with Crippen LogP contribution in [-0.2, 0) is 12.1 Å². The monoisotopic (exact) mass is 448 g/mol. The van der Waals surface area contributed by atoms with Gasteiger partial charge in [-0.2, -0.15) is 4.98 Å². The maximum absolute atomic E-state index is 12.2. The van der Waals surface area contributed by atoms with Crippen molar-refractivity contribution in [2.45, 2.75) is 45.3 Å². The maximum atomic E-state index is 12.2. The van der Waals surface area contributed by atoms with Gasteiger partial charge in [-0.05, 0) is 44.4 Å². The molecule has 7 heteroatoms. The predicted molar refractivity (Wildman–Crippen MR) is 126 cm³/mol. The molecule has 1 saturated carbocycles. The minimum absolute atomic E-state index is 0.0962. The summed E-state index contributed by atoms with van der Waals surface area (Å²) in [6.07, 6.45) is 6.64. The van der Waals surface area contributed by atoms with Crippen LogP contribution < -0.4 is 9.47 Å². The number of rotatable bonds is 7. The van der Waals surface area contributed by atoms with Crippen molar-refractivity contribution in [1.82, 2.24) is 19.9 Å². The summed E-state index contributed by atoms with van der Waals surface area (Å²) in [4.78, 5) is 15.9. The first-order valence-corrected chi connectivity index (χ1v) is 12.0. The van der Waals surface area contributed by atoms with Gasteiger partial charge in [0.25, 0.3) is 0 Å². The van der Waals surface area contributed by atoms with Gasteiger partial charge in [-0.3, -0.25) is 9.88 Å². The fraction of sp³-hybridized carbons (Fsp3) is 0.500. The Labute approximate surface area is 194 Å². The Morgan fingerprint density at radius 2 is 1.82 bits per heavy atom. The van der Waals surface area contributed by atoms with Crippen LogP contribution in [0, 0.1) is 11.8 Å². The molecule has 1 aliphatic heterocycles. The first kappa shape index (κ1) is 22.0. The van der Waals surface area contributed by atoms with Crippen LogP contribution in [0.4, 0.5) is 0 Å². The van der Waals surface area contributed by atoms with Gasteiger partial charge in [-0.1, -0.05) is 24.6 Å². The lowest BCUT2D eigenvalue weighted by Gasteiger charge is -2.53. The molecule has 174 valence electrons. The van der Waals surface area contributed by atoms with Crippen LogP contribution in [0.5, 0.6) is 11.9 Å². The zero-order valence-corrected chi connectivity index (χ0v) is 19.4. The van der Waals surface area contributed by atoms with Gasteiger partial charge in [0.1, 0.15) is 5.60 Å². The maximum Gasteiger partial charge on any atom is 0.319 e. The average Bonchev–Trinajstić information content (AvgIpc) is 2.81. The molecule has 0 unspecified atom stereocenters. The molecule has 33 heavy (non-hydrogen) atoms. The van der Waals surface area contributed by atoms with Gasteiger partial charge in [0, 0.05) is 49.2 Å². The van der Waals surface area contributed by atoms with E-state index in [0.717, 1.165) is 44.4 Å². The van der Waals surface area contributed by atoms with E-state index in [0.29, 0.717) is 30.7 Å². The fourth-order valence-corrected chi connectivity index (χ4v) is 5.73. The third-order valence-corrected chi connectivity index (χ3v) is 7.15. The Kier molecular flexibility index (Phi) is 6.17. The Bertz CT molecular complexity index is 1100. The van der Waals surface area contributed by atoms with Crippen LogP contribution in [0.15, 0.2) is 42.7 Å². The van der Waals surface area contributed by atoms with Crippen molar-refractivity contribution in [2.75, 3.05) is 26.3 Å². The first-order valence-electron chi connectivity index (χ1n) is 12.0. The average molecular weight is 449 g/mol. The molecule has 7 nitrogen and oxygen atoms in total. The lowest BCUT2D eigenvalue weighted by molar-refractivity contribution is -0.149. The van der Waals surface area contributed by atoms with Crippen molar-refractivity contribution < 1.29 is 14.6 Å². The number of piperidine rings is 1. The molecule has 2 aromatic heterocycles. The molecule has 2 atom stereocenters. The predicted octanol–water partition coefficient (Wildman–Crippen LogP) is 3.94. The van der Waals surface area contributed by atoms with E-state index in [-0.39, 0.29) is 11.8 Å². The number of fused-ring (bicyclic) bond motifs is 3. The summed E-state index contributed by atoms with van der Waals surface area (Å²) in [7, 11) is 0. The number of hydrogen-bond donors (Lipinski definition) is 1. The molecular formula is C26H32N4O3. The van der Waals surface area contributed by atoms with E-state index >= 15 is 0 Å². The molecule has 1 aliphatic carbocycles. The molecule has 2 aliphatic rings. The van der Waals surface area contributed by atoms with E-state index in [9.17, 15) is 5.11 Å². The summed E-state index contributed by atoms with van der Waals surface area (Å²) >= 11 is 0. The van der Waals surface area contributed by atoms with Crippen LogP contribution >= 0.6 is 0 Å². The summed E-state index contributed by atoms with van der Waals surface area (Å²) in [5.41, 5.74) is 2.02. The third-order valence-electron chi connectivity index (χ3n) is 7.15. The molecule has 0 spiro atoms. The molecule has 1 N–H and O–H groups in total. The zero-order valence-electron chi connectivity index (χ0n) is 19.4. The number of nitrogens with zero attached hydrogens (tertiary/aromatic N) is 4. The van der Waals surface area contributed by atoms with Crippen molar-refractivity contribution in [2.24, 2.45) is 11.8 Å². The van der Waals surface area contributed by atoms with E-state index in [4.69, 9.17) is 9.47 Å². The largest absolute Gasteiger partial charge is 0.478 e. The van der Waals surface area contributed by atoms with Crippen molar-refractivity contribution in [1.29, 1.82) is 0 Å². The quantitative estimate of drug-likeness (QED) is 0.586. The van der Waals surface area contributed by atoms with Gasteiger partial charge in [0.2, 0.25) is 5.88 Å². The van der Waals surface area contributed by atoms with E-state index in [1.807, 2.05) is 26.1 Å².